The van der Waals surface area contributed by atoms with Gasteiger partial charge in [-0.15, -0.1) is 0 Å². The molecule has 0 saturated carbocycles. The van der Waals surface area contributed by atoms with Crippen LogP contribution in [0.25, 0.3) is 0 Å². The lowest BCUT2D eigenvalue weighted by Crippen LogP contribution is -2.53. The van der Waals surface area contributed by atoms with Crippen molar-refractivity contribution in [3.63, 3.8) is 0 Å². The van der Waals surface area contributed by atoms with E-state index in [4.69, 9.17) is 27.9 Å². The molecule has 3 aromatic rings. The van der Waals surface area contributed by atoms with Gasteiger partial charge in [0.1, 0.15) is 11.7 Å². The molecule has 1 aliphatic rings. The van der Waals surface area contributed by atoms with Gasteiger partial charge in [-0.05, 0) is 28.8 Å². The summed E-state index contributed by atoms with van der Waals surface area (Å²) in [6, 6.07) is 25.5. The highest BCUT2D eigenvalue weighted by atomic mass is 35.5. The Morgan fingerprint density at radius 2 is 1.53 bits per heavy atom. The minimum absolute atomic E-state index is 0.277. The molecule has 0 aromatic heterocycles. The summed E-state index contributed by atoms with van der Waals surface area (Å²) in [5, 5.41) is 13.1. The monoisotopic (exact) mass is 441 g/mol. The average Bonchev–Trinajstić information content (AvgIpc) is 2.78. The van der Waals surface area contributed by atoms with Crippen molar-refractivity contribution >= 4 is 23.2 Å². The fourth-order valence-corrected chi connectivity index (χ4v) is 4.61. The Hall–Kier alpha value is -1.88. The second-order valence-corrected chi connectivity index (χ2v) is 8.56. The Bertz CT molecular complexity index is 947. The smallest absolute Gasteiger partial charge is 0.121 e. The van der Waals surface area contributed by atoms with Crippen LogP contribution in [-0.2, 0) is 23.3 Å². The van der Waals surface area contributed by atoms with Crippen LogP contribution in [0.5, 0.6) is 0 Å². The van der Waals surface area contributed by atoms with Gasteiger partial charge in [-0.25, -0.2) is 0 Å². The maximum Gasteiger partial charge on any atom is 0.121 e. The van der Waals surface area contributed by atoms with Gasteiger partial charge in [-0.1, -0.05) is 89.9 Å². The van der Waals surface area contributed by atoms with Gasteiger partial charge in [0.2, 0.25) is 0 Å². The summed E-state index contributed by atoms with van der Waals surface area (Å²) in [7, 11) is 0. The number of aliphatic hydroxyl groups is 1. The number of morpholine rings is 1. The number of rotatable bonds is 6. The van der Waals surface area contributed by atoms with Crippen molar-refractivity contribution in [2.45, 2.75) is 24.7 Å². The molecule has 0 bridgehead atoms. The SMILES string of the molecule is O[C@](Cc1c(Cl)cccc1Cl)(c1ccccc1)C1CN(Cc2ccccc2)CCO1. The molecule has 5 heteroatoms. The molecule has 0 radical (unpaired) electrons. The molecule has 4 rings (SSSR count). The van der Waals surface area contributed by atoms with Gasteiger partial charge in [0.15, 0.2) is 0 Å². The highest BCUT2D eigenvalue weighted by Crippen LogP contribution is 2.37. The first-order valence-corrected chi connectivity index (χ1v) is 10.9. The van der Waals surface area contributed by atoms with Crippen molar-refractivity contribution in [3.8, 4) is 0 Å². The topological polar surface area (TPSA) is 32.7 Å². The van der Waals surface area contributed by atoms with Crippen molar-refractivity contribution in [1.82, 2.24) is 4.90 Å². The van der Waals surface area contributed by atoms with Crippen molar-refractivity contribution in [2.24, 2.45) is 0 Å². The molecular formula is C25H25Cl2NO2. The maximum absolute atomic E-state index is 12.0. The standard InChI is InChI=1S/C25H25Cl2NO2/c26-22-12-7-13-23(27)21(22)16-25(29,20-10-5-2-6-11-20)24-18-28(14-15-30-24)17-19-8-3-1-4-9-19/h1-13,24,29H,14-18H2/t24?,25-/m1/s1. The van der Waals surface area contributed by atoms with E-state index in [0.29, 0.717) is 23.2 Å². The zero-order valence-electron chi connectivity index (χ0n) is 16.7. The first-order chi connectivity index (χ1) is 14.6. The number of hydrogen-bond donors (Lipinski definition) is 1. The lowest BCUT2D eigenvalue weighted by molar-refractivity contribution is -0.149. The molecule has 1 N–H and O–H groups in total. The third-order valence-electron chi connectivity index (χ3n) is 5.71. The molecule has 3 aromatic carbocycles. The molecule has 1 aliphatic heterocycles. The number of nitrogens with zero attached hydrogens (tertiary/aromatic N) is 1. The number of halogens is 2. The first kappa shape index (κ1) is 21.4. The van der Waals surface area contributed by atoms with Crippen LogP contribution in [0, 0.1) is 0 Å². The number of hydrogen-bond acceptors (Lipinski definition) is 3. The number of ether oxygens (including phenoxy) is 1. The van der Waals surface area contributed by atoms with Crippen molar-refractivity contribution in [1.29, 1.82) is 0 Å². The van der Waals surface area contributed by atoms with Gasteiger partial charge in [-0.2, -0.15) is 0 Å². The molecule has 1 saturated heterocycles. The molecule has 0 amide bonds. The Balaban J connectivity index is 1.64. The van der Waals surface area contributed by atoms with E-state index < -0.39 is 11.7 Å². The van der Waals surface area contributed by atoms with Gasteiger partial charge < -0.3 is 9.84 Å². The fraction of sp³-hybridized carbons (Fsp3) is 0.280. The molecule has 3 nitrogen and oxygen atoms in total. The molecule has 0 aliphatic carbocycles. The van der Waals surface area contributed by atoms with Gasteiger partial charge in [-0.3, -0.25) is 4.90 Å². The van der Waals surface area contributed by atoms with Crippen molar-refractivity contribution in [3.05, 3.63) is 106 Å². The van der Waals surface area contributed by atoms with Gasteiger partial charge in [0.05, 0.1) is 6.61 Å². The highest BCUT2D eigenvalue weighted by Gasteiger charge is 2.42. The fourth-order valence-electron chi connectivity index (χ4n) is 4.08. The third-order valence-corrected chi connectivity index (χ3v) is 6.42. The minimum Gasteiger partial charge on any atom is -0.382 e. The Labute approximate surface area is 187 Å². The van der Waals surface area contributed by atoms with E-state index in [1.54, 1.807) is 12.1 Å². The zero-order chi connectivity index (χ0) is 21.0. The lowest BCUT2D eigenvalue weighted by atomic mass is 9.81. The van der Waals surface area contributed by atoms with Gasteiger partial charge in [0, 0.05) is 36.1 Å². The summed E-state index contributed by atoms with van der Waals surface area (Å²) in [6.07, 6.45) is -0.135. The molecule has 156 valence electrons. The second kappa shape index (κ2) is 9.51. The summed E-state index contributed by atoms with van der Waals surface area (Å²) in [6.45, 7) is 2.81. The van der Waals surface area contributed by atoms with Crippen molar-refractivity contribution < 1.29 is 9.84 Å². The van der Waals surface area contributed by atoms with E-state index in [-0.39, 0.29) is 6.42 Å². The van der Waals surface area contributed by atoms with Crippen LogP contribution in [0.1, 0.15) is 16.7 Å². The van der Waals surface area contributed by atoms with Crippen LogP contribution in [0.2, 0.25) is 10.0 Å². The van der Waals surface area contributed by atoms with E-state index in [9.17, 15) is 5.11 Å². The van der Waals surface area contributed by atoms with Gasteiger partial charge >= 0.3 is 0 Å². The Kier molecular flexibility index (Phi) is 6.77. The predicted octanol–water partition coefficient (Wildman–Crippen LogP) is 5.32. The van der Waals surface area contributed by atoms with Crippen molar-refractivity contribution in [2.75, 3.05) is 19.7 Å². The van der Waals surface area contributed by atoms with Gasteiger partial charge in [0.25, 0.3) is 0 Å². The zero-order valence-corrected chi connectivity index (χ0v) is 18.2. The van der Waals surface area contributed by atoms with Crippen LogP contribution >= 0.6 is 23.2 Å². The van der Waals surface area contributed by atoms with Crippen LogP contribution in [0.4, 0.5) is 0 Å². The van der Waals surface area contributed by atoms with Crippen LogP contribution in [0.3, 0.4) is 0 Å². The molecule has 1 unspecified atom stereocenters. The second-order valence-electron chi connectivity index (χ2n) is 7.75. The quantitative estimate of drug-likeness (QED) is 0.561. The van der Waals surface area contributed by atoms with E-state index in [1.807, 2.05) is 54.6 Å². The molecular weight excluding hydrogens is 417 g/mol. The maximum atomic E-state index is 12.0. The van der Waals surface area contributed by atoms with E-state index in [0.717, 1.165) is 24.2 Å². The van der Waals surface area contributed by atoms with Crippen LogP contribution in [-0.4, -0.2) is 35.8 Å². The predicted molar refractivity (Wildman–Crippen MR) is 122 cm³/mol. The van der Waals surface area contributed by atoms with Crippen LogP contribution in [0.15, 0.2) is 78.9 Å². The van der Waals surface area contributed by atoms with E-state index in [2.05, 4.69) is 17.0 Å². The lowest BCUT2D eigenvalue weighted by Gasteiger charge is -2.42. The summed E-state index contributed by atoms with van der Waals surface area (Å²) in [5.41, 5.74) is 1.52. The average molecular weight is 442 g/mol. The summed E-state index contributed by atoms with van der Waals surface area (Å²) in [5.74, 6) is 0. The Morgan fingerprint density at radius 1 is 0.900 bits per heavy atom. The largest absolute Gasteiger partial charge is 0.382 e. The summed E-state index contributed by atoms with van der Waals surface area (Å²) >= 11 is 12.9. The molecule has 0 spiro atoms. The summed E-state index contributed by atoms with van der Waals surface area (Å²) < 4.78 is 6.14. The third kappa shape index (κ3) is 4.72. The highest BCUT2D eigenvalue weighted by molar-refractivity contribution is 6.36. The molecule has 1 fully saturated rings. The summed E-state index contributed by atoms with van der Waals surface area (Å²) in [4.78, 5) is 2.33. The Morgan fingerprint density at radius 3 is 2.20 bits per heavy atom. The first-order valence-electron chi connectivity index (χ1n) is 10.1. The van der Waals surface area contributed by atoms with E-state index in [1.165, 1.54) is 5.56 Å². The molecule has 2 atom stereocenters. The minimum atomic E-state index is -1.26. The van der Waals surface area contributed by atoms with Crippen LogP contribution < -0.4 is 0 Å². The van der Waals surface area contributed by atoms with E-state index >= 15 is 0 Å². The normalized spacial score (nSPS) is 19.4. The number of benzene rings is 3. The molecule has 1 heterocycles. The molecule has 30 heavy (non-hydrogen) atoms.